The Bertz CT molecular complexity index is 462. The molecular formula is C10H12ClN3. The molecule has 0 aliphatic heterocycles. The summed E-state index contributed by atoms with van der Waals surface area (Å²) in [6.07, 6.45) is 2.00. The van der Waals surface area contributed by atoms with E-state index in [0.29, 0.717) is 5.15 Å². The maximum absolute atomic E-state index is 6.00. The Kier molecular flexibility index (Phi) is 2.44. The van der Waals surface area contributed by atoms with Crippen LogP contribution in [0.1, 0.15) is 11.4 Å². The van der Waals surface area contributed by atoms with Crippen molar-refractivity contribution in [3.05, 3.63) is 34.9 Å². The minimum Gasteiger partial charge on any atom is -0.316 e. The molecule has 0 aromatic carbocycles. The fourth-order valence-corrected chi connectivity index (χ4v) is 1.82. The summed E-state index contributed by atoms with van der Waals surface area (Å²) in [5.41, 5.74) is 2.18. The van der Waals surface area contributed by atoms with Crippen LogP contribution >= 0.6 is 11.6 Å². The van der Waals surface area contributed by atoms with Gasteiger partial charge in [0.15, 0.2) is 5.15 Å². The van der Waals surface area contributed by atoms with Gasteiger partial charge in [-0.25, -0.2) is 4.98 Å². The van der Waals surface area contributed by atoms with Crippen molar-refractivity contribution in [1.82, 2.24) is 14.7 Å². The van der Waals surface area contributed by atoms with Crippen molar-refractivity contribution in [2.24, 2.45) is 0 Å². The molecule has 0 aliphatic carbocycles. The van der Waals surface area contributed by atoms with E-state index in [9.17, 15) is 0 Å². The maximum atomic E-state index is 6.00. The second-order valence-electron chi connectivity index (χ2n) is 3.27. The van der Waals surface area contributed by atoms with Crippen molar-refractivity contribution in [1.29, 1.82) is 0 Å². The molecule has 4 heteroatoms. The largest absolute Gasteiger partial charge is 0.316 e. The zero-order chi connectivity index (χ0) is 10.1. The lowest BCUT2D eigenvalue weighted by Gasteiger charge is -2.01. The molecule has 1 N–H and O–H groups in total. The van der Waals surface area contributed by atoms with Crippen LogP contribution in [0.4, 0.5) is 0 Å². The van der Waals surface area contributed by atoms with Crippen LogP contribution in [0.15, 0.2) is 18.3 Å². The predicted molar refractivity (Wildman–Crippen MR) is 57.7 cm³/mol. The molecule has 2 rings (SSSR count). The number of nitrogens with one attached hydrogen (secondary N) is 1. The van der Waals surface area contributed by atoms with E-state index in [-0.39, 0.29) is 0 Å². The van der Waals surface area contributed by atoms with Crippen LogP contribution in [0, 0.1) is 6.92 Å². The molecule has 0 atom stereocenters. The number of pyridine rings is 1. The number of aromatic nitrogens is 2. The van der Waals surface area contributed by atoms with Crippen LogP contribution in [-0.4, -0.2) is 16.4 Å². The molecule has 0 bridgehead atoms. The quantitative estimate of drug-likeness (QED) is 0.820. The normalized spacial score (nSPS) is 11.1. The number of imidazole rings is 1. The third-order valence-corrected chi connectivity index (χ3v) is 2.50. The zero-order valence-electron chi connectivity index (χ0n) is 8.21. The highest BCUT2D eigenvalue weighted by atomic mass is 35.5. The highest BCUT2D eigenvalue weighted by Gasteiger charge is 2.05. The summed E-state index contributed by atoms with van der Waals surface area (Å²) in [6, 6.07) is 4.12. The van der Waals surface area contributed by atoms with Crippen LogP contribution in [0.5, 0.6) is 0 Å². The van der Waals surface area contributed by atoms with Gasteiger partial charge in [-0.2, -0.15) is 0 Å². The molecule has 74 valence electrons. The van der Waals surface area contributed by atoms with Crippen molar-refractivity contribution < 1.29 is 0 Å². The average Bonchev–Trinajstić information content (AvgIpc) is 2.43. The Balaban J connectivity index is 2.59. The Morgan fingerprint density at radius 2 is 2.36 bits per heavy atom. The minimum absolute atomic E-state index is 0.570. The van der Waals surface area contributed by atoms with Gasteiger partial charge in [0.05, 0.1) is 5.52 Å². The van der Waals surface area contributed by atoms with E-state index in [1.807, 2.05) is 24.6 Å². The topological polar surface area (TPSA) is 29.3 Å². The summed E-state index contributed by atoms with van der Waals surface area (Å²) in [6.45, 7) is 2.79. The lowest BCUT2D eigenvalue weighted by molar-refractivity contribution is 0.816. The minimum atomic E-state index is 0.570. The molecule has 0 saturated heterocycles. The van der Waals surface area contributed by atoms with E-state index in [4.69, 9.17) is 11.6 Å². The first-order valence-corrected chi connectivity index (χ1v) is 4.88. The molecule has 0 spiro atoms. The number of fused-ring (bicyclic) bond motifs is 1. The second kappa shape index (κ2) is 3.59. The highest BCUT2D eigenvalue weighted by Crippen LogP contribution is 2.18. The van der Waals surface area contributed by atoms with Gasteiger partial charge in [-0.15, -0.1) is 0 Å². The standard InChI is InChI=1S/C10H12ClN3/c1-7-13-10(11)9-5-8(6-12-2)3-4-14(7)9/h3-5,12H,6H2,1-2H3. The first kappa shape index (κ1) is 9.49. The number of hydrogen-bond donors (Lipinski definition) is 1. The van der Waals surface area contributed by atoms with Crippen LogP contribution in [0.3, 0.4) is 0 Å². The smallest absolute Gasteiger partial charge is 0.155 e. The van der Waals surface area contributed by atoms with E-state index in [1.165, 1.54) is 5.56 Å². The van der Waals surface area contributed by atoms with E-state index in [1.54, 1.807) is 0 Å². The first-order valence-electron chi connectivity index (χ1n) is 4.50. The van der Waals surface area contributed by atoms with Gasteiger partial charge < -0.3 is 9.72 Å². The molecule has 0 saturated carbocycles. The Morgan fingerprint density at radius 1 is 1.57 bits per heavy atom. The number of aryl methyl sites for hydroxylation is 1. The fourth-order valence-electron chi connectivity index (χ4n) is 1.55. The van der Waals surface area contributed by atoms with Gasteiger partial charge in [-0.05, 0) is 31.7 Å². The highest BCUT2D eigenvalue weighted by molar-refractivity contribution is 6.32. The predicted octanol–water partition coefficient (Wildman–Crippen LogP) is 2.02. The summed E-state index contributed by atoms with van der Waals surface area (Å²) in [7, 11) is 1.92. The number of hydrogen-bond acceptors (Lipinski definition) is 2. The lowest BCUT2D eigenvalue weighted by Crippen LogP contribution is -2.05. The molecule has 0 fully saturated rings. The van der Waals surface area contributed by atoms with Gasteiger partial charge in [0.1, 0.15) is 5.82 Å². The van der Waals surface area contributed by atoms with E-state index in [2.05, 4.69) is 22.4 Å². The van der Waals surface area contributed by atoms with Gasteiger partial charge in [0, 0.05) is 12.7 Å². The third kappa shape index (κ3) is 1.49. The molecule has 0 unspecified atom stereocenters. The molecule has 2 aromatic heterocycles. The van der Waals surface area contributed by atoms with Gasteiger partial charge in [-0.3, -0.25) is 0 Å². The molecule has 2 heterocycles. The first-order chi connectivity index (χ1) is 6.72. The molecule has 0 radical (unpaired) electrons. The van der Waals surface area contributed by atoms with Gasteiger partial charge in [-0.1, -0.05) is 11.6 Å². The van der Waals surface area contributed by atoms with E-state index in [0.717, 1.165) is 17.9 Å². The molecule has 3 nitrogen and oxygen atoms in total. The SMILES string of the molecule is CNCc1ccn2c(C)nc(Cl)c2c1. The van der Waals surface area contributed by atoms with Crippen LogP contribution in [0.25, 0.3) is 5.52 Å². The molecule has 0 amide bonds. The third-order valence-electron chi connectivity index (χ3n) is 2.22. The van der Waals surface area contributed by atoms with Crippen molar-refractivity contribution in [3.8, 4) is 0 Å². The summed E-state index contributed by atoms with van der Waals surface area (Å²) in [5, 5.41) is 3.67. The molecule has 0 aliphatic rings. The monoisotopic (exact) mass is 209 g/mol. The number of halogens is 1. The maximum Gasteiger partial charge on any atom is 0.155 e. The van der Waals surface area contributed by atoms with Gasteiger partial charge in [0.25, 0.3) is 0 Å². The second-order valence-corrected chi connectivity index (χ2v) is 3.63. The lowest BCUT2D eigenvalue weighted by atomic mass is 10.2. The summed E-state index contributed by atoms with van der Waals surface area (Å²) in [4.78, 5) is 4.20. The van der Waals surface area contributed by atoms with E-state index >= 15 is 0 Å². The fraction of sp³-hybridized carbons (Fsp3) is 0.300. The molecule has 2 aromatic rings. The van der Waals surface area contributed by atoms with Gasteiger partial charge in [0.2, 0.25) is 0 Å². The van der Waals surface area contributed by atoms with Crippen LogP contribution in [-0.2, 0) is 6.54 Å². The molecular weight excluding hydrogens is 198 g/mol. The van der Waals surface area contributed by atoms with Crippen molar-refractivity contribution in [2.75, 3.05) is 7.05 Å². The molecule has 14 heavy (non-hydrogen) atoms. The summed E-state index contributed by atoms with van der Waals surface area (Å²) >= 11 is 6.00. The summed E-state index contributed by atoms with van der Waals surface area (Å²) < 4.78 is 1.99. The Labute approximate surface area is 87.7 Å². The van der Waals surface area contributed by atoms with Crippen molar-refractivity contribution >= 4 is 17.1 Å². The van der Waals surface area contributed by atoms with Crippen molar-refractivity contribution in [3.63, 3.8) is 0 Å². The van der Waals surface area contributed by atoms with E-state index < -0.39 is 0 Å². The average molecular weight is 210 g/mol. The van der Waals surface area contributed by atoms with Crippen molar-refractivity contribution in [2.45, 2.75) is 13.5 Å². The van der Waals surface area contributed by atoms with Crippen LogP contribution in [0.2, 0.25) is 5.15 Å². The number of nitrogens with zero attached hydrogens (tertiary/aromatic N) is 2. The Hall–Kier alpha value is -1.06. The zero-order valence-corrected chi connectivity index (χ0v) is 8.97. The Morgan fingerprint density at radius 3 is 3.07 bits per heavy atom. The van der Waals surface area contributed by atoms with Crippen LogP contribution < -0.4 is 5.32 Å². The van der Waals surface area contributed by atoms with Gasteiger partial charge >= 0.3 is 0 Å². The number of rotatable bonds is 2. The summed E-state index contributed by atoms with van der Waals surface area (Å²) in [5.74, 6) is 0.918.